The average Bonchev–Trinajstić information content (AvgIpc) is 2.66. The number of hydrogen-bond acceptors (Lipinski definition) is 9. The van der Waals surface area contributed by atoms with Crippen LogP contribution in [0.1, 0.15) is 15.9 Å². The van der Waals surface area contributed by atoms with Gasteiger partial charge in [0.2, 0.25) is 0 Å². The van der Waals surface area contributed by atoms with E-state index in [0.717, 1.165) is 0 Å². The summed E-state index contributed by atoms with van der Waals surface area (Å²) >= 11 is 0. The van der Waals surface area contributed by atoms with Crippen LogP contribution in [0.15, 0.2) is 24.4 Å². The first-order chi connectivity index (χ1) is 11.7. The van der Waals surface area contributed by atoms with E-state index in [4.69, 9.17) is 5.73 Å². The predicted molar refractivity (Wildman–Crippen MR) is 78.5 cm³/mol. The SMILES string of the molecule is C=C1NC(=O)C(N2C(=O)c3cc(F)cc(N)c3C2(O)O)C(O)(O)C1(O)O. The summed E-state index contributed by atoms with van der Waals surface area (Å²) in [5.74, 6) is -14.6. The van der Waals surface area contributed by atoms with Crippen molar-refractivity contribution >= 4 is 17.5 Å². The van der Waals surface area contributed by atoms with Crippen LogP contribution in [0.2, 0.25) is 0 Å². The van der Waals surface area contributed by atoms with Gasteiger partial charge in [0.05, 0.1) is 16.8 Å². The molecule has 26 heavy (non-hydrogen) atoms. The van der Waals surface area contributed by atoms with Crippen molar-refractivity contribution in [3.8, 4) is 0 Å². The Balaban J connectivity index is 2.21. The number of nitrogens with one attached hydrogen (secondary N) is 1. The molecule has 0 bridgehead atoms. The molecule has 2 aliphatic heterocycles. The summed E-state index contributed by atoms with van der Waals surface area (Å²) in [5.41, 5.74) is 2.63. The van der Waals surface area contributed by atoms with Crippen LogP contribution < -0.4 is 11.1 Å². The molecule has 2 amide bonds. The van der Waals surface area contributed by atoms with Gasteiger partial charge in [-0.3, -0.25) is 14.5 Å². The molecule has 0 aromatic heterocycles. The topological polar surface area (TPSA) is 197 Å². The van der Waals surface area contributed by atoms with E-state index < -0.39 is 63.7 Å². The largest absolute Gasteiger partial charge is 0.398 e. The summed E-state index contributed by atoms with van der Waals surface area (Å²) < 4.78 is 13.5. The Labute approximate surface area is 144 Å². The number of nitrogen functional groups attached to an aromatic ring is 1. The second kappa shape index (κ2) is 4.97. The Morgan fingerprint density at radius 3 is 2.31 bits per heavy atom. The van der Waals surface area contributed by atoms with Crippen LogP contribution in [0.3, 0.4) is 0 Å². The zero-order valence-electron chi connectivity index (χ0n) is 12.8. The standard InChI is InChI=1S/C14H14FN3O8/c1-4-12(21,22)13(23,24)9(10(19)17-4)18-11(20)6-2-5(15)3-7(16)8(6)14(18,25)26/h2-3,9,21-26H,1,16H2,(H,17,19). The number of fused-ring (bicyclic) bond motifs is 1. The maximum absolute atomic E-state index is 13.5. The third-order valence-corrected chi connectivity index (χ3v) is 4.35. The molecule has 3 rings (SSSR count). The average molecular weight is 371 g/mol. The lowest BCUT2D eigenvalue weighted by Gasteiger charge is -2.48. The molecule has 0 spiro atoms. The maximum atomic E-state index is 13.5. The van der Waals surface area contributed by atoms with Crippen molar-refractivity contribution < 1.29 is 44.6 Å². The Morgan fingerprint density at radius 2 is 1.73 bits per heavy atom. The summed E-state index contributed by atoms with van der Waals surface area (Å²) in [6.07, 6.45) is 0. The molecule has 2 heterocycles. The van der Waals surface area contributed by atoms with Gasteiger partial charge in [0.25, 0.3) is 29.3 Å². The molecule has 9 N–H and O–H groups in total. The maximum Gasteiger partial charge on any atom is 0.281 e. The van der Waals surface area contributed by atoms with E-state index in [1.807, 2.05) is 0 Å². The Morgan fingerprint density at radius 1 is 1.15 bits per heavy atom. The zero-order chi connectivity index (χ0) is 19.8. The molecule has 0 saturated carbocycles. The highest BCUT2D eigenvalue weighted by atomic mass is 19.1. The number of nitrogens with zero attached hydrogens (tertiary/aromatic N) is 1. The van der Waals surface area contributed by atoms with Crippen molar-refractivity contribution in [2.75, 3.05) is 5.73 Å². The first-order valence-corrected chi connectivity index (χ1v) is 7.02. The van der Waals surface area contributed by atoms with E-state index in [2.05, 4.69) is 6.58 Å². The van der Waals surface area contributed by atoms with Crippen molar-refractivity contribution in [2.45, 2.75) is 23.5 Å². The fraction of sp³-hybridized carbons (Fsp3) is 0.286. The number of hydrogen-bond donors (Lipinski definition) is 8. The highest BCUT2D eigenvalue weighted by Crippen LogP contribution is 2.44. The third-order valence-electron chi connectivity index (χ3n) is 4.35. The fourth-order valence-corrected chi connectivity index (χ4v) is 3.06. The minimum Gasteiger partial charge on any atom is -0.398 e. The molecule has 0 radical (unpaired) electrons. The van der Waals surface area contributed by atoms with E-state index in [-0.39, 0.29) is 4.90 Å². The number of anilines is 1. The highest BCUT2D eigenvalue weighted by molar-refractivity contribution is 6.04. The second-order valence-corrected chi connectivity index (χ2v) is 6.00. The Kier molecular flexibility index (Phi) is 3.48. The van der Waals surface area contributed by atoms with Gasteiger partial charge in [-0.15, -0.1) is 0 Å². The smallest absolute Gasteiger partial charge is 0.281 e. The zero-order valence-corrected chi connectivity index (χ0v) is 12.8. The lowest BCUT2D eigenvalue weighted by atomic mass is 9.88. The van der Waals surface area contributed by atoms with Crippen molar-refractivity contribution in [1.29, 1.82) is 0 Å². The van der Waals surface area contributed by atoms with Crippen LogP contribution in [0.25, 0.3) is 0 Å². The van der Waals surface area contributed by atoms with Gasteiger partial charge >= 0.3 is 0 Å². The van der Waals surface area contributed by atoms with Gasteiger partial charge in [0.15, 0.2) is 6.04 Å². The number of carbonyl (C=O) groups excluding carboxylic acids is 2. The van der Waals surface area contributed by atoms with Gasteiger partial charge in [-0.25, -0.2) is 4.39 Å². The van der Waals surface area contributed by atoms with Crippen LogP contribution >= 0.6 is 0 Å². The normalized spacial score (nSPS) is 25.9. The number of amides is 2. The molecular weight excluding hydrogens is 357 g/mol. The van der Waals surface area contributed by atoms with Gasteiger partial charge in [-0.05, 0) is 12.1 Å². The first-order valence-electron chi connectivity index (χ1n) is 7.02. The number of benzene rings is 1. The van der Waals surface area contributed by atoms with Gasteiger partial charge in [0, 0.05) is 5.69 Å². The predicted octanol–water partition coefficient (Wildman–Crippen LogP) is -3.67. The summed E-state index contributed by atoms with van der Waals surface area (Å²) in [7, 11) is 0. The quantitative estimate of drug-likeness (QED) is 0.181. The van der Waals surface area contributed by atoms with Gasteiger partial charge in [-0.2, -0.15) is 0 Å². The van der Waals surface area contributed by atoms with Gasteiger partial charge in [-0.1, -0.05) is 6.58 Å². The molecule has 1 atom stereocenters. The molecule has 12 heteroatoms. The van der Waals surface area contributed by atoms with E-state index in [1.54, 1.807) is 5.32 Å². The number of carbonyl (C=O) groups is 2. The highest BCUT2D eigenvalue weighted by Gasteiger charge is 2.68. The number of halogens is 1. The lowest BCUT2D eigenvalue weighted by molar-refractivity contribution is -0.377. The molecule has 11 nitrogen and oxygen atoms in total. The van der Waals surface area contributed by atoms with E-state index in [0.29, 0.717) is 12.1 Å². The number of nitrogens with two attached hydrogens (primary N) is 1. The van der Waals surface area contributed by atoms with Crippen LogP contribution in [-0.4, -0.2) is 65.0 Å². The van der Waals surface area contributed by atoms with Crippen molar-refractivity contribution in [3.63, 3.8) is 0 Å². The molecule has 1 unspecified atom stereocenters. The minimum absolute atomic E-state index is 0.156. The molecular formula is C14H14FN3O8. The monoisotopic (exact) mass is 371 g/mol. The van der Waals surface area contributed by atoms with Crippen molar-refractivity contribution in [1.82, 2.24) is 10.2 Å². The molecule has 1 aromatic rings. The van der Waals surface area contributed by atoms with Crippen LogP contribution in [0.4, 0.5) is 10.1 Å². The van der Waals surface area contributed by atoms with Crippen molar-refractivity contribution in [2.24, 2.45) is 0 Å². The summed E-state index contributed by atoms with van der Waals surface area (Å²) in [5, 5.41) is 62.5. The number of rotatable bonds is 1. The number of aliphatic hydroxyl groups is 6. The molecule has 2 aliphatic rings. The van der Waals surface area contributed by atoms with Crippen LogP contribution in [0.5, 0.6) is 0 Å². The molecule has 0 aliphatic carbocycles. The minimum atomic E-state index is -3.81. The number of piperidine rings is 1. The Bertz CT molecular complexity index is 866. The second-order valence-electron chi connectivity index (χ2n) is 6.00. The van der Waals surface area contributed by atoms with E-state index in [1.165, 1.54) is 0 Å². The van der Waals surface area contributed by atoms with Gasteiger partial charge in [0.1, 0.15) is 5.82 Å². The Hall–Kier alpha value is -2.61. The van der Waals surface area contributed by atoms with Crippen LogP contribution in [0, 0.1) is 5.82 Å². The lowest BCUT2D eigenvalue weighted by Crippen LogP contribution is -2.77. The van der Waals surface area contributed by atoms with Crippen LogP contribution in [-0.2, 0) is 10.7 Å². The third kappa shape index (κ3) is 2.02. The van der Waals surface area contributed by atoms with E-state index >= 15 is 0 Å². The first kappa shape index (κ1) is 18.2. The summed E-state index contributed by atoms with van der Waals surface area (Å²) in [6.45, 7) is 3.04. The molecule has 1 saturated heterocycles. The summed E-state index contributed by atoms with van der Waals surface area (Å²) in [4.78, 5) is 24.6. The van der Waals surface area contributed by atoms with E-state index in [9.17, 15) is 44.6 Å². The summed E-state index contributed by atoms with van der Waals surface area (Å²) in [6, 6.07) is -1.37. The molecule has 1 aromatic carbocycles. The fourth-order valence-electron chi connectivity index (χ4n) is 3.06. The molecule has 140 valence electrons. The molecule has 1 fully saturated rings. The van der Waals surface area contributed by atoms with Gasteiger partial charge < -0.3 is 41.7 Å². The van der Waals surface area contributed by atoms with Crippen molar-refractivity contribution in [3.05, 3.63) is 41.4 Å².